The first-order valence-corrected chi connectivity index (χ1v) is 10.7. The summed E-state index contributed by atoms with van der Waals surface area (Å²) in [4.78, 5) is 25.8. The van der Waals surface area contributed by atoms with Gasteiger partial charge in [0.1, 0.15) is 11.5 Å². The van der Waals surface area contributed by atoms with Gasteiger partial charge in [0.25, 0.3) is 11.8 Å². The third-order valence-corrected chi connectivity index (χ3v) is 5.26. The number of benzene rings is 2. The van der Waals surface area contributed by atoms with Crippen LogP contribution >= 0.6 is 0 Å². The standard InChI is InChI=1S/C27H30N2O3/c1-18-8-10-21(11-9-18)25(30)29-24(17-23-7-6-16-32-23)26(31)28-19(2)20-12-14-22(15-13-20)27(3,4)5/h6-17,19H,1-5H3,(H,28,31)(H,29,30)/b24-17-/t19-/m1/s1. The summed E-state index contributed by atoms with van der Waals surface area (Å²) in [7, 11) is 0. The van der Waals surface area contributed by atoms with Gasteiger partial charge >= 0.3 is 0 Å². The van der Waals surface area contributed by atoms with Crippen LogP contribution in [0.2, 0.25) is 0 Å². The second-order valence-corrected chi connectivity index (χ2v) is 8.96. The minimum Gasteiger partial charge on any atom is -0.465 e. The van der Waals surface area contributed by atoms with E-state index in [0.29, 0.717) is 11.3 Å². The number of rotatable bonds is 6. The van der Waals surface area contributed by atoms with Crippen molar-refractivity contribution in [3.63, 3.8) is 0 Å². The summed E-state index contributed by atoms with van der Waals surface area (Å²) < 4.78 is 5.34. The van der Waals surface area contributed by atoms with Crippen molar-refractivity contribution in [3.8, 4) is 0 Å². The molecule has 0 spiro atoms. The molecule has 1 atom stereocenters. The molecule has 166 valence electrons. The summed E-state index contributed by atoms with van der Waals surface area (Å²) in [6.07, 6.45) is 3.04. The van der Waals surface area contributed by atoms with Crippen LogP contribution in [0.3, 0.4) is 0 Å². The highest BCUT2D eigenvalue weighted by molar-refractivity contribution is 6.05. The number of carbonyl (C=O) groups excluding carboxylic acids is 2. The highest BCUT2D eigenvalue weighted by atomic mass is 16.3. The van der Waals surface area contributed by atoms with Crippen LogP contribution in [0.5, 0.6) is 0 Å². The molecular weight excluding hydrogens is 400 g/mol. The predicted octanol–water partition coefficient (Wildman–Crippen LogP) is 5.53. The summed E-state index contributed by atoms with van der Waals surface area (Å²) in [6, 6.07) is 18.6. The van der Waals surface area contributed by atoms with Gasteiger partial charge in [-0.1, -0.05) is 62.7 Å². The molecule has 0 saturated heterocycles. The second-order valence-electron chi connectivity index (χ2n) is 8.96. The first-order chi connectivity index (χ1) is 15.1. The molecule has 3 rings (SSSR count). The van der Waals surface area contributed by atoms with Gasteiger partial charge in [-0.3, -0.25) is 9.59 Å². The molecule has 32 heavy (non-hydrogen) atoms. The fraction of sp³-hybridized carbons (Fsp3) is 0.259. The Morgan fingerprint density at radius 2 is 1.62 bits per heavy atom. The van der Waals surface area contributed by atoms with E-state index in [9.17, 15) is 9.59 Å². The molecule has 5 nitrogen and oxygen atoms in total. The van der Waals surface area contributed by atoms with Crippen molar-refractivity contribution in [2.75, 3.05) is 0 Å². The molecule has 0 bridgehead atoms. The summed E-state index contributed by atoms with van der Waals surface area (Å²) in [5.41, 5.74) is 3.90. The summed E-state index contributed by atoms with van der Waals surface area (Å²) >= 11 is 0. The summed E-state index contributed by atoms with van der Waals surface area (Å²) in [6.45, 7) is 10.4. The zero-order valence-electron chi connectivity index (χ0n) is 19.2. The minimum absolute atomic E-state index is 0.0597. The Hall–Kier alpha value is -3.60. The molecule has 2 amide bonds. The first kappa shape index (κ1) is 23.1. The molecular formula is C27H30N2O3. The van der Waals surface area contributed by atoms with Crippen LogP contribution in [0, 0.1) is 6.92 Å². The molecule has 1 heterocycles. The normalized spacial score (nSPS) is 12.8. The molecule has 0 radical (unpaired) electrons. The fourth-order valence-corrected chi connectivity index (χ4v) is 3.20. The maximum Gasteiger partial charge on any atom is 0.268 e. The molecule has 0 aliphatic rings. The largest absolute Gasteiger partial charge is 0.465 e. The minimum atomic E-state index is -0.394. The molecule has 0 unspecified atom stereocenters. The van der Waals surface area contributed by atoms with Crippen LogP contribution in [-0.4, -0.2) is 11.8 Å². The van der Waals surface area contributed by atoms with Crippen LogP contribution in [-0.2, 0) is 10.2 Å². The fourth-order valence-electron chi connectivity index (χ4n) is 3.20. The zero-order valence-corrected chi connectivity index (χ0v) is 19.2. The number of aryl methyl sites for hydroxylation is 1. The third-order valence-electron chi connectivity index (χ3n) is 5.26. The maximum atomic E-state index is 13.1. The van der Waals surface area contributed by atoms with Gasteiger partial charge in [-0.05, 0) is 54.7 Å². The van der Waals surface area contributed by atoms with Gasteiger partial charge in [0.15, 0.2) is 0 Å². The highest BCUT2D eigenvalue weighted by Crippen LogP contribution is 2.24. The maximum absolute atomic E-state index is 13.1. The number of furan rings is 1. The molecule has 0 saturated carbocycles. The van der Waals surface area contributed by atoms with Crippen molar-refractivity contribution in [1.29, 1.82) is 0 Å². The van der Waals surface area contributed by atoms with Gasteiger partial charge in [0, 0.05) is 11.6 Å². The molecule has 0 aliphatic heterocycles. The van der Waals surface area contributed by atoms with E-state index in [1.54, 1.807) is 24.3 Å². The lowest BCUT2D eigenvalue weighted by Crippen LogP contribution is -2.36. The van der Waals surface area contributed by atoms with Gasteiger partial charge in [-0.25, -0.2) is 0 Å². The average molecular weight is 431 g/mol. The van der Waals surface area contributed by atoms with Crippen molar-refractivity contribution in [1.82, 2.24) is 10.6 Å². The van der Waals surface area contributed by atoms with E-state index in [0.717, 1.165) is 11.1 Å². The molecule has 2 aromatic carbocycles. The second kappa shape index (κ2) is 9.69. The van der Waals surface area contributed by atoms with Crippen molar-refractivity contribution >= 4 is 17.9 Å². The zero-order chi connectivity index (χ0) is 23.3. The lowest BCUT2D eigenvalue weighted by Gasteiger charge is -2.21. The van der Waals surface area contributed by atoms with E-state index >= 15 is 0 Å². The van der Waals surface area contributed by atoms with Crippen LogP contribution < -0.4 is 10.6 Å². The van der Waals surface area contributed by atoms with Crippen LogP contribution in [0.15, 0.2) is 77.0 Å². The van der Waals surface area contributed by atoms with Crippen molar-refractivity contribution < 1.29 is 14.0 Å². The van der Waals surface area contributed by atoms with Crippen LogP contribution in [0.25, 0.3) is 6.08 Å². The first-order valence-electron chi connectivity index (χ1n) is 10.7. The quantitative estimate of drug-likeness (QED) is 0.505. The number of amides is 2. The SMILES string of the molecule is Cc1ccc(C(=O)N/C(=C\c2ccco2)C(=O)N[C@H](C)c2ccc(C(C)(C)C)cc2)cc1. The Labute approximate surface area is 189 Å². The lowest BCUT2D eigenvalue weighted by molar-refractivity contribution is -0.118. The molecule has 5 heteroatoms. The van der Waals surface area contributed by atoms with E-state index in [1.807, 2.05) is 38.1 Å². The summed E-state index contributed by atoms with van der Waals surface area (Å²) in [5.74, 6) is -0.282. The number of carbonyl (C=O) groups is 2. The van der Waals surface area contributed by atoms with E-state index < -0.39 is 5.91 Å². The van der Waals surface area contributed by atoms with Crippen LogP contribution in [0.4, 0.5) is 0 Å². The Kier molecular flexibility index (Phi) is 6.98. The molecule has 2 N–H and O–H groups in total. The van der Waals surface area contributed by atoms with Crippen LogP contribution in [0.1, 0.15) is 66.5 Å². The van der Waals surface area contributed by atoms with Gasteiger partial charge in [0.05, 0.1) is 12.3 Å². The number of hydrogen-bond acceptors (Lipinski definition) is 3. The molecule has 3 aromatic rings. The van der Waals surface area contributed by atoms with Crippen molar-refractivity contribution in [3.05, 3.63) is 101 Å². The molecule has 0 aliphatic carbocycles. The molecule has 0 fully saturated rings. The topological polar surface area (TPSA) is 71.3 Å². The van der Waals surface area contributed by atoms with Gasteiger partial charge in [-0.15, -0.1) is 0 Å². The van der Waals surface area contributed by atoms with E-state index in [4.69, 9.17) is 4.42 Å². The van der Waals surface area contributed by atoms with Crippen molar-refractivity contribution in [2.45, 2.75) is 46.1 Å². The lowest BCUT2D eigenvalue weighted by atomic mass is 9.86. The molecule has 1 aromatic heterocycles. The number of hydrogen-bond donors (Lipinski definition) is 2. The highest BCUT2D eigenvalue weighted by Gasteiger charge is 2.19. The Morgan fingerprint density at radius 1 is 0.969 bits per heavy atom. The predicted molar refractivity (Wildman–Crippen MR) is 127 cm³/mol. The Bertz CT molecular complexity index is 1090. The third kappa shape index (κ3) is 5.97. The van der Waals surface area contributed by atoms with E-state index in [2.05, 4.69) is 43.5 Å². The Balaban J connectivity index is 1.78. The van der Waals surface area contributed by atoms with Crippen molar-refractivity contribution in [2.24, 2.45) is 0 Å². The van der Waals surface area contributed by atoms with E-state index in [-0.39, 0.29) is 23.1 Å². The van der Waals surface area contributed by atoms with Gasteiger partial charge in [-0.2, -0.15) is 0 Å². The average Bonchev–Trinajstić information content (AvgIpc) is 3.26. The monoisotopic (exact) mass is 430 g/mol. The number of nitrogens with one attached hydrogen (secondary N) is 2. The van der Waals surface area contributed by atoms with E-state index in [1.165, 1.54) is 17.9 Å². The summed E-state index contributed by atoms with van der Waals surface area (Å²) in [5, 5.41) is 5.70. The Morgan fingerprint density at radius 3 is 2.19 bits per heavy atom. The van der Waals surface area contributed by atoms with Gasteiger partial charge in [0.2, 0.25) is 0 Å². The van der Waals surface area contributed by atoms with Gasteiger partial charge < -0.3 is 15.1 Å². The smallest absolute Gasteiger partial charge is 0.268 e.